The third-order valence-electron chi connectivity index (χ3n) is 2.58. The molecule has 64 valence electrons. The van der Waals surface area contributed by atoms with Gasteiger partial charge in [0.15, 0.2) is 0 Å². The normalized spacial score (nSPS) is 21.0. The largest absolute Gasteiger partial charge is 0.508 e. The van der Waals surface area contributed by atoms with Crippen LogP contribution in [0.25, 0.3) is 0 Å². The van der Waals surface area contributed by atoms with Gasteiger partial charge in [-0.1, -0.05) is 6.07 Å². The van der Waals surface area contributed by atoms with Gasteiger partial charge in [-0.25, -0.2) is 0 Å². The van der Waals surface area contributed by atoms with Gasteiger partial charge in [-0.2, -0.15) is 0 Å². The lowest BCUT2D eigenvalue weighted by Gasteiger charge is -2.06. The van der Waals surface area contributed by atoms with Gasteiger partial charge in [0.05, 0.1) is 0 Å². The zero-order chi connectivity index (χ0) is 8.72. The molecular formula is C10H13NO. The van der Waals surface area contributed by atoms with E-state index in [0.29, 0.717) is 5.75 Å². The Balaban J connectivity index is 2.56. The molecule has 2 rings (SSSR count). The van der Waals surface area contributed by atoms with Gasteiger partial charge >= 0.3 is 0 Å². The van der Waals surface area contributed by atoms with E-state index >= 15 is 0 Å². The highest BCUT2D eigenvalue weighted by Gasteiger charge is 2.19. The van der Waals surface area contributed by atoms with Crippen molar-refractivity contribution >= 4 is 0 Å². The van der Waals surface area contributed by atoms with Crippen LogP contribution in [-0.2, 0) is 6.42 Å². The van der Waals surface area contributed by atoms with E-state index in [-0.39, 0.29) is 6.04 Å². The summed E-state index contributed by atoms with van der Waals surface area (Å²) in [5.74, 6) is 0.367. The first-order valence-corrected chi connectivity index (χ1v) is 4.26. The van der Waals surface area contributed by atoms with Crippen molar-refractivity contribution in [3.05, 3.63) is 28.8 Å². The van der Waals surface area contributed by atoms with Crippen LogP contribution >= 0.6 is 0 Å². The van der Waals surface area contributed by atoms with Gasteiger partial charge in [-0.05, 0) is 42.5 Å². The minimum Gasteiger partial charge on any atom is -0.508 e. The zero-order valence-electron chi connectivity index (χ0n) is 7.17. The van der Waals surface area contributed by atoms with E-state index in [4.69, 9.17) is 5.73 Å². The van der Waals surface area contributed by atoms with Crippen molar-refractivity contribution in [1.82, 2.24) is 0 Å². The van der Waals surface area contributed by atoms with Gasteiger partial charge < -0.3 is 10.8 Å². The Bertz CT molecular complexity index is 320. The summed E-state index contributed by atoms with van der Waals surface area (Å²) in [6.07, 6.45) is 2.07. The highest BCUT2D eigenvalue weighted by molar-refractivity contribution is 5.44. The molecule has 0 aliphatic heterocycles. The molecule has 12 heavy (non-hydrogen) atoms. The Morgan fingerprint density at radius 2 is 2.25 bits per heavy atom. The van der Waals surface area contributed by atoms with Crippen LogP contribution in [-0.4, -0.2) is 5.11 Å². The van der Waals surface area contributed by atoms with Gasteiger partial charge in [0.2, 0.25) is 0 Å². The Labute approximate surface area is 72.0 Å². The summed E-state index contributed by atoms with van der Waals surface area (Å²) in [6, 6.07) is 3.98. The number of nitrogens with two attached hydrogens (primary N) is 1. The molecule has 0 saturated heterocycles. The lowest BCUT2D eigenvalue weighted by molar-refractivity contribution is 0.470. The molecule has 0 bridgehead atoms. The molecule has 0 spiro atoms. The van der Waals surface area contributed by atoms with Crippen molar-refractivity contribution in [3.63, 3.8) is 0 Å². The second-order valence-corrected chi connectivity index (χ2v) is 3.48. The van der Waals surface area contributed by atoms with Crippen LogP contribution < -0.4 is 5.73 Å². The van der Waals surface area contributed by atoms with Gasteiger partial charge in [-0.3, -0.25) is 0 Å². The number of hydrogen-bond donors (Lipinski definition) is 2. The summed E-state index contributed by atoms with van der Waals surface area (Å²) in [6.45, 7) is 1.92. The van der Waals surface area contributed by atoms with Crippen LogP contribution in [0.15, 0.2) is 12.1 Å². The van der Waals surface area contributed by atoms with Crippen LogP contribution in [0.1, 0.15) is 29.2 Å². The maximum absolute atomic E-state index is 9.45. The smallest absolute Gasteiger partial charge is 0.118 e. The molecule has 0 saturated carbocycles. The third kappa shape index (κ3) is 0.994. The monoisotopic (exact) mass is 163 g/mol. The number of phenolic OH excluding ortho intramolecular Hbond substituents is 1. The topological polar surface area (TPSA) is 46.2 Å². The summed E-state index contributed by atoms with van der Waals surface area (Å²) in [5.41, 5.74) is 9.23. The molecule has 0 heterocycles. The molecular weight excluding hydrogens is 150 g/mol. The van der Waals surface area contributed by atoms with Crippen LogP contribution in [0.3, 0.4) is 0 Å². The summed E-state index contributed by atoms with van der Waals surface area (Å²) >= 11 is 0. The molecule has 1 aliphatic carbocycles. The predicted molar refractivity (Wildman–Crippen MR) is 48.1 cm³/mol. The molecule has 0 fully saturated rings. The maximum atomic E-state index is 9.45. The van der Waals surface area contributed by atoms with Crippen LogP contribution in [0.2, 0.25) is 0 Å². The van der Waals surface area contributed by atoms with E-state index < -0.39 is 0 Å². The number of benzene rings is 1. The summed E-state index contributed by atoms with van der Waals surface area (Å²) in [4.78, 5) is 0. The number of fused-ring (bicyclic) bond motifs is 1. The Morgan fingerprint density at radius 1 is 1.50 bits per heavy atom. The Morgan fingerprint density at radius 3 is 3.00 bits per heavy atom. The molecule has 0 radical (unpaired) electrons. The van der Waals surface area contributed by atoms with Crippen LogP contribution in [0.5, 0.6) is 5.75 Å². The first-order valence-electron chi connectivity index (χ1n) is 4.26. The van der Waals surface area contributed by atoms with E-state index in [9.17, 15) is 5.11 Å². The molecule has 3 N–H and O–H groups in total. The quantitative estimate of drug-likeness (QED) is 0.610. The molecule has 0 unspecified atom stereocenters. The van der Waals surface area contributed by atoms with Gasteiger partial charge in [-0.15, -0.1) is 0 Å². The van der Waals surface area contributed by atoms with E-state index in [2.05, 4.69) is 0 Å². The van der Waals surface area contributed by atoms with Crippen LogP contribution in [0, 0.1) is 6.92 Å². The summed E-state index contributed by atoms with van der Waals surface area (Å²) in [7, 11) is 0. The minimum atomic E-state index is 0.131. The van der Waals surface area contributed by atoms with Gasteiger partial charge in [0.1, 0.15) is 5.75 Å². The van der Waals surface area contributed by atoms with Crippen molar-refractivity contribution in [3.8, 4) is 5.75 Å². The highest BCUT2D eigenvalue weighted by Crippen LogP contribution is 2.33. The minimum absolute atomic E-state index is 0.131. The fraction of sp³-hybridized carbons (Fsp3) is 0.400. The SMILES string of the molecule is Cc1cc2c(cc1O)[C@H](N)CC2. The average molecular weight is 163 g/mol. The lowest BCUT2D eigenvalue weighted by Crippen LogP contribution is -2.04. The molecule has 2 heteroatoms. The van der Waals surface area contributed by atoms with E-state index in [0.717, 1.165) is 24.0 Å². The van der Waals surface area contributed by atoms with Gasteiger partial charge in [0.25, 0.3) is 0 Å². The van der Waals surface area contributed by atoms with Crippen molar-refractivity contribution in [2.24, 2.45) is 5.73 Å². The zero-order valence-corrected chi connectivity index (χ0v) is 7.17. The molecule has 1 aromatic carbocycles. The van der Waals surface area contributed by atoms with E-state index in [1.54, 1.807) is 0 Å². The number of aryl methyl sites for hydroxylation is 2. The summed E-state index contributed by atoms with van der Waals surface area (Å²) in [5, 5.41) is 9.45. The van der Waals surface area contributed by atoms with Crippen LogP contribution in [0.4, 0.5) is 0 Å². The first kappa shape index (κ1) is 7.62. The van der Waals surface area contributed by atoms with E-state index in [1.807, 2.05) is 19.1 Å². The van der Waals surface area contributed by atoms with Gasteiger partial charge in [0, 0.05) is 6.04 Å². The van der Waals surface area contributed by atoms with Crippen molar-refractivity contribution in [2.45, 2.75) is 25.8 Å². The Kier molecular flexibility index (Phi) is 1.58. The molecule has 1 aliphatic rings. The number of rotatable bonds is 0. The molecule has 2 nitrogen and oxygen atoms in total. The number of phenols is 1. The predicted octanol–water partition coefficient (Wildman–Crippen LogP) is 1.65. The van der Waals surface area contributed by atoms with Crippen molar-refractivity contribution < 1.29 is 5.11 Å². The Hall–Kier alpha value is -1.02. The molecule has 0 aromatic heterocycles. The third-order valence-corrected chi connectivity index (χ3v) is 2.58. The number of hydrogen-bond acceptors (Lipinski definition) is 2. The van der Waals surface area contributed by atoms with Crippen molar-refractivity contribution in [2.75, 3.05) is 0 Å². The highest BCUT2D eigenvalue weighted by atomic mass is 16.3. The molecule has 1 atom stereocenters. The fourth-order valence-corrected chi connectivity index (χ4v) is 1.80. The maximum Gasteiger partial charge on any atom is 0.118 e. The lowest BCUT2D eigenvalue weighted by atomic mass is 10.0. The molecule has 1 aromatic rings. The summed E-state index contributed by atoms with van der Waals surface area (Å²) < 4.78 is 0. The average Bonchev–Trinajstić information content (AvgIpc) is 2.35. The standard InChI is InChI=1S/C10H13NO/c1-6-4-7-2-3-9(11)8(7)5-10(6)12/h4-5,9,12H,2-3,11H2,1H3/t9-/m1/s1. The molecule has 0 amide bonds. The second kappa shape index (κ2) is 2.49. The fourth-order valence-electron chi connectivity index (χ4n) is 1.80. The second-order valence-electron chi connectivity index (χ2n) is 3.48. The van der Waals surface area contributed by atoms with Crippen molar-refractivity contribution in [1.29, 1.82) is 0 Å². The number of aromatic hydroxyl groups is 1. The van der Waals surface area contributed by atoms with E-state index in [1.165, 1.54) is 5.56 Å². The first-order chi connectivity index (χ1) is 5.68.